The van der Waals surface area contributed by atoms with Crippen LogP contribution in [0, 0.1) is 5.82 Å². The third-order valence-corrected chi connectivity index (χ3v) is 2.52. The number of ketones is 1. The quantitative estimate of drug-likeness (QED) is 0.838. The molecule has 0 aliphatic heterocycles. The van der Waals surface area contributed by atoms with E-state index in [1.165, 1.54) is 12.1 Å². The third kappa shape index (κ3) is 2.36. The summed E-state index contributed by atoms with van der Waals surface area (Å²) in [6, 6.07) is 4.12. The molecule has 78 valence electrons. The molecular formula is C11H9ClFNO. The number of nitrogens with one attached hydrogen (secondary N) is 1. The summed E-state index contributed by atoms with van der Waals surface area (Å²) in [5, 5.41) is 3.32. The zero-order valence-electron chi connectivity index (χ0n) is 7.89. The standard InChI is InChI=1S/C11H9ClFNO/c12-10-5-7(13)1-4-11(10)14-8-2-3-9(15)6-8/h1,4-6,14H,2-3H2. The summed E-state index contributed by atoms with van der Waals surface area (Å²) in [5.74, 6) is -0.266. The Morgan fingerprint density at radius 2 is 2.13 bits per heavy atom. The second kappa shape index (κ2) is 4.03. The van der Waals surface area contributed by atoms with E-state index < -0.39 is 0 Å². The van der Waals surface area contributed by atoms with E-state index in [1.54, 1.807) is 12.1 Å². The molecule has 2 nitrogen and oxygen atoms in total. The van der Waals surface area contributed by atoms with Gasteiger partial charge >= 0.3 is 0 Å². The molecule has 0 spiro atoms. The monoisotopic (exact) mass is 225 g/mol. The Morgan fingerprint density at radius 1 is 1.33 bits per heavy atom. The van der Waals surface area contributed by atoms with Crippen LogP contribution in [-0.4, -0.2) is 5.78 Å². The Bertz CT molecular complexity index is 442. The summed E-state index contributed by atoms with van der Waals surface area (Å²) in [4.78, 5) is 11.0. The lowest BCUT2D eigenvalue weighted by Crippen LogP contribution is -1.97. The molecule has 1 N–H and O–H groups in total. The number of halogens is 2. The predicted octanol–water partition coefficient (Wildman–Crippen LogP) is 3.14. The van der Waals surface area contributed by atoms with Gasteiger partial charge in [-0.15, -0.1) is 0 Å². The minimum absolute atomic E-state index is 0.107. The first-order valence-electron chi connectivity index (χ1n) is 4.60. The number of rotatable bonds is 2. The highest BCUT2D eigenvalue weighted by atomic mass is 35.5. The SMILES string of the molecule is O=C1C=C(Nc2ccc(F)cc2Cl)CC1. The van der Waals surface area contributed by atoms with Gasteiger partial charge in [0, 0.05) is 18.2 Å². The van der Waals surface area contributed by atoms with Crippen LogP contribution in [0.3, 0.4) is 0 Å². The third-order valence-electron chi connectivity index (χ3n) is 2.20. The van der Waals surface area contributed by atoms with Gasteiger partial charge in [0.15, 0.2) is 5.78 Å². The molecule has 0 atom stereocenters. The first kappa shape index (κ1) is 10.2. The van der Waals surface area contributed by atoms with Gasteiger partial charge in [-0.25, -0.2) is 4.39 Å². The molecule has 2 rings (SSSR count). The van der Waals surface area contributed by atoms with Crippen LogP contribution in [-0.2, 0) is 4.79 Å². The molecule has 0 saturated carbocycles. The van der Waals surface area contributed by atoms with E-state index in [0.29, 0.717) is 23.6 Å². The smallest absolute Gasteiger partial charge is 0.157 e. The summed E-state index contributed by atoms with van der Waals surface area (Å²) < 4.78 is 12.7. The number of benzene rings is 1. The highest BCUT2D eigenvalue weighted by molar-refractivity contribution is 6.33. The van der Waals surface area contributed by atoms with Crippen molar-refractivity contribution in [1.29, 1.82) is 0 Å². The minimum Gasteiger partial charge on any atom is -0.358 e. The molecule has 1 aliphatic carbocycles. The Kier molecular flexibility index (Phi) is 2.73. The lowest BCUT2D eigenvalue weighted by Gasteiger charge is -2.08. The fourth-order valence-electron chi connectivity index (χ4n) is 1.46. The molecule has 15 heavy (non-hydrogen) atoms. The summed E-state index contributed by atoms with van der Waals surface area (Å²) in [5.41, 5.74) is 1.45. The van der Waals surface area contributed by atoms with Gasteiger partial charge in [0.05, 0.1) is 10.7 Å². The van der Waals surface area contributed by atoms with Crippen LogP contribution in [0.2, 0.25) is 5.02 Å². The average Bonchev–Trinajstić information content (AvgIpc) is 2.56. The van der Waals surface area contributed by atoms with Crippen LogP contribution in [0.1, 0.15) is 12.8 Å². The summed E-state index contributed by atoms with van der Waals surface area (Å²) in [6.07, 6.45) is 2.77. The molecule has 1 aromatic rings. The fourth-order valence-corrected chi connectivity index (χ4v) is 1.67. The zero-order chi connectivity index (χ0) is 10.8. The van der Waals surface area contributed by atoms with Gasteiger partial charge in [-0.1, -0.05) is 11.6 Å². The van der Waals surface area contributed by atoms with Crippen molar-refractivity contribution in [3.8, 4) is 0 Å². The molecule has 0 fully saturated rings. The maximum absolute atomic E-state index is 12.7. The number of hydrogen-bond donors (Lipinski definition) is 1. The molecule has 0 bridgehead atoms. The topological polar surface area (TPSA) is 29.1 Å². The number of hydrogen-bond acceptors (Lipinski definition) is 2. The van der Waals surface area contributed by atoms with Crippen molar-refractivity contribution < 1.29 is 9.18 Å². The summed E-state index contributed by atoms with van der Waals surface area (Å²) in [7, 11) is 0. The molecule has 0 amide bonds. The maximum Gasteiger partial charge on any atom is 0.157 e. The highest BCUT2D eigenvalue weighted by Crippen LogP contribution is 2.26. The van der Waals surface area contributed by atoms with Gasteiger partial charge in [0.1, 0.15) is 5.82 Å². The molecule has 0 heterocycles. The Balaban J connectivity index is 2.18. The van der Waals surface area contributed by atoms with Crippen molar-refractivity contribution in [1.82, 2.24) is 0 Å². The van der Waals surface area contributed by atoms with Crippen molar-refractivity contribution in [3.63, 3.8) is 0 Å². The average molecular weight is 226 g/mol. The molecule has 0 aromatic heterocycles. The van der Waals surface area contributed by atoms with E-state index >= 15 is 0 Å². The second-order valence-corrected chi connectivity index (χ2v) is 3.79. The first-order valence-corrected chi connectivity index (χ1v) is 4.98. The highest BCUT2D eigenvalue weighted by Gasteiger charge is 2.12. The van der Waals surface area contributed by atoms with Gasteiger partial charge in [-0.3, -0.25) is 4.79 Å². The first-order chi connectivity index (χ1) is 7.15. The van der Waals surface area contributed by atoms with Gasteiger partial charge < -0.3 is 5.32 Å². The van der Waals surface area contributed by atoms with Crippen molar-refractivity contribution >= 4 is 23.1 Å². The van der Waals surface area contributed by atoms with Gasteiger partial charge in [0.25, 0.3) is 0 Å². The van der Waals surface area contributed by atoms with E-state index in [9.17, 15) is 9.18 Å². The van der Waals surface area contributed by atoms with E-state index in [0.717, 1.165) is 5.70 Å². The van der Waals surface area contributed by atoms with Crippen molar-refractivity contribution in [2.75, 3.05) is 5.32 Å². The van der Waals surface area contributed by atoms with E-state index in [2.05, 4.69) is 5.32 Å². The van der Waals surface area contributed by atoms with E-state index in [4.69, 9.17) is 11.6 Å². The maximum atomic E-state index is 12.7. The number of allylic oxidation sites excluding steroid dienone is 2. The minimum atomic E-state index is -0.373. The predicted molar refractivity (Wildman–Crippen MR) is 57.4 cm³/mol. The van der Waals surface area contributed by atoms with Gasteiger partial charge in [-0.05, 0) is 24.6 Å². The second-order valence-electron chi connectivity index (χ2n) is 3.39. The van der Waals surface area contributed by atoms with Crippen LogP contribution in [0.4, 0.5) is 10.1 Å². The molecule has 0 saturated heterocycles. The number of carbonyl (C=O) groups is 1. The van der Waals surface area contributed by atoms with Crippen LogP contribution >= 0.6 is 11.6 Å². The van der Waals surface area contributed by atoms with Crippen LogP contribution < -0.4 is 5.32 Å². The molecule has 1 aromatic carbocycles. The lowest BCUT2D eigenvalue weighted by atomic mass is 10.3. The molecule has 0 radical (unpaired) electrons. The summed E-state index contributed by atoms with van der Waals surface area (Å²) >= 11 is 5.83. The van der Waals surface area contributed by atoms with E-state index in [1.807, 2.05) is 0 Å². The normalized spacial score (nSPS) is 15.3. The van der Waals surface area contributed by atoms with Crippen molar-refractivity contribution in [2.45, 2.75) is 12.8 Å². The van der Waals surface area contributed by atoms with Gasteiger partial charge in [-0.2, -0.15) is 0 Å². The Hall–Kier alpha value is -1.35. The lowest BCUT2D eigenvalue weighted by molar-refractivity contribution is -0.114. The Morgan fingerprint density at radius 3 is 2.73 bits per heavy atom. The molecule has 1 aliphatic rings. The van der Waals surface area contributed by atoms with E-state index in [-0.39, 0.29) is 11.6 Å². The van der Waals surface area contributed by atoms with Crippen LogP contribution in [0.15, 0.2) is 30.0 Å². The Labute approximate surface area is 91.7 Å². The zero-order valence-corrected chi connectivity index (χ0v) is 8.64. The van der Waals surface area contributed by atoms with Crippen LogP contribution in [0.25, 0.3) is 0 Å². The largest absolute Gasteiger partial charge is 0.358 e. The molecular weight excluding hydrogens is 217 g/mol. The number of carbonyl (C=O) groups excluding carboxylic acids is 1. The van der Waals surface area contributed by atoms with Crippen LogP contribution in [0.5, 0.6) is 0 Å². The number of anilines is 1. The van der Waals surface area contributed by atoms with Crippen molar-refractivity contribution in [2.24, 2.45) is 0 Å². The molecule has 0 unspecified atom stereocenters. The summed E-state index contributed by atoms with van der Waals surface area (Å²) in [6.45, 7) is 0. The van der Waals surface area contributed by atoms with Crippen molar-refractivity contribution in [3.05, 3.63) is 40.8 Å². The van der Waals surface area contributed by atoms with Gasteiger partial charge in [0.2, 0.25) is 0 Å². The fraction of sp³-hybridized carbons (Fsp3) is 0.182. The molecule has 4 heteroatoms.